The standard InChI is InChI=1S/C9H19NO3S/c1-10-6-5-9(11,8-10)4-3-7-14(2,12)13/h11H,3-8H2,1-2H3. The van der Waals surface area contributed by atoms with Crippen molar-refractivity contribution < 1.29 is 13.5 Å². The largest absolute Gasteiger partial charge is 0.389 e. The molecule has 1 N–H and O–H groups in total. The fourth-order valence-electron chi connectivity index (χ4n) is 1.93. The van der Waals surface area contributed by atoms with E-state index in [2.05, 4.69) is 4.90 Å². The molecule has 1 fully saturated rings. The van der Waals surface area contributed by atoms with Crippen molar-refractivity contribution in [1.82, 2.24) is 4.90 Å². The van der Waals surface area contributed by atoms with Gasteiger partial charge in [0.25, 0.3) is 0 Å². The number of likely N-dealkylation sites (tertiary alicyclic amines) is 1. The van der Waals surface area contributed by atoms with Crippen molar-refractivity contribution in [3.05, 3.63) is 0 Å². The number of aliphatic hydroxyl groups is 1. The fourth-order valence-corrected chi connectivity index (χ4v) is 2.60. The molecule has 1 atom stereocenters. The summed E-state index contributed by atoms with van der Waals surface area (Å²) < 4.78 is 21.8. The molecule has 0 amide bonds. The smallest absolute Gasteiger partial charge is 0.147 e. The van der Waals surface area contributed by atoms with E-state index < -0.39 is 15.4 Å². The molecule has 1 rings (SSSR count). The molecule has 0 aromatic heterocycles. The Bertz CT molecular complexity index is 288. The van der Waals surface area contributed by atoms with E-state index in [1.54, 1.807) is 0 Å². The van der Waals surface area contributed by atoms with Crippen LogP contribution in [0.3, 0.4) is 0 Å². The van der Waals surface area contributed by atoms with Gasteiger partial charge in [0.05, 0.1) is 5.60 Å². The molecule has 0 spiro atoms. The molecule has 0 aromatic carbocycles. The molecule has 0 aromatic rings. The fraction of sp³-hybridized carbons (Fsp3) is 1.00. The predicted octanol–water partition coefficient (Wildman–Crippen LogP) is -0.122. The van der Waals surface area contributed by atoms with Gasteiger partial charge in [-0.15, -0.1) is 0 Å². The van der Waals surface area contributed by atoms with Crippen LogP contribution >= 0.6 is 0 Å². The van der Waals surface area contributed by atoms with E-state index in [-0.39, 0.29) is 5.75 Å². The van der Waals surface area contributed by atoms with Gasteiger partial charge in [-0.1, -0.05) is 0 Å². The first kappa shape index (κ1) is 11.9. The highest BCUT2D eigenvalue weighted by Crippen LogP contribution is 2.24. The van der Waals surface area contributed by atoms with Crippen LogP contribution in [0.4, 0.5) is 0 Å². The Kier molecular flexibility index (Phi) is 3.55. The molecule has 84 valence electrons. The summed E-state index contributed by atoms with van der Waals surface area (Å²) in [4.78, 5) is 2.07. The summed E-state index contributed by atoms with van der Waals surface area (Å²) >= 11 is 0. The molecule has 1 aliphatic heterocycles. The summed E-state index contributed by atoms with van der Waals surface area (Å²) in [5.41, 5.74) is -0.653. The Balaban J connectivity index is 2.31. The van der Waals surface area contributed by atoms with Crippen LogP contribution in [0.25, 0.3) is 0 Å². The molecule has 4 nitrogen and oxygen atoms in total. The van der Waals surface area contributed by atoms with E-state index in [1.165, 1.54) is 6.26 Å². The van der Waals surface area contributed by atoms with Crippen molar-refractivity contribution in [2.45, 2.75) is 24.9 Å². The minimum absolute atomic E-state index is 0.180. The van der Waals surface area contributed by atoms with Crippen LogP contribution in [-0.4, -0.2) is 56.2 Å². The van der Waals surface area contributed by atoms with E-state index in [0.29, 0.717) is 19.4 Å². The van der Waals surface area contributed by atoms with Crippen molar-refractivity contribution in [3.63, 3.8) is 0 Å². The lowest BCUT2D eigenvalue weighted by molar-refractivity contribution is 0.0427. The number of nitrogens with zero attached hydrogens (tertiary/aromatic N) is 1. The minimum atomic E-state index is -2.88. The van der Waals surface area contributed by atoms with Crippen molar-refractivity contribution in [3.8, 4) is 0 Å². The lowest BCUT2D eigenvalue weighted by atomic mass is 9.97. The van der Waals surface area contributed by atoms with Gasteiger partial charge < -0.3 is 10.0 Å². The number of hydrogen-bond donors (Lipinski definition) is 1. The van der Waals surface area contributed by atoms with Crippen molar-refractivity contribution in [2.75, 3.05) is 32.1 Å². The third-order valence-corrected chi connectivity index (χ3v) is 3.71. The molecule has 0 radical (unpaired) electrons. The third-order valence-electron chi connectivity index (χ3n) is 2.68. The summed E-state index contributed by atoms with van der Waals surface area (Å²) in [5.74, 6) is 0.180. The zero-order valence-electron chi connectivity index (χ0n) is 8.86. The Labute approximate surface area is 85.8 Å². The lowest BCUT2D eigenvalue weighted by Crippen LogP contribution is -2.32. The maximum absolute atomic E-state index is 10.9. The monoisotopic (exact) mass is 221 g/mol. The number of β-amino-alcohol motifs (C(OH)–C–C–N with tert-alkyl or cyclic N) is 1. The first-order valence-corrected chi connectivity index (χ1v) is 6.95. The molecule has 1 unspecified atom stereocenters. The number of hydrogen-bond acceptors (Lipinski definition) is 4. The van der Waals surface area contributed by atoms with Gasteiger partial charge in [-0.3, -0.25) is 0 Å². The van der Waals surface area contributed by atoms with E-state index in [1.807, 2.05) is 7.05 Å². The molecule has 1 aliphatic rings. The van der Waals surface area contributed by atoms with Gasteiger partial charge in [0.2, 0.25) is 0 Å². The molecule has 1 heterocycles. The average Bonchev–Trinajstić information content (AvgIpc) is 2.28. The van der Waals surface area contributed by atoms with Crippen molar-refractivity contribution in [1.29, 1.82) is 0 Å². The normalized spacial score (nSPS) is 29.6. The molecule has 0 bridgehead atoms. The average molecular weight is 221 g/mol. The second-order valence-corrected chi connectivity index (χ2v) is 6.71. The summed E-state index contributed by atoms with van der Waals surface area (Å²) in [7, 11) is -0.914. The van der Waals surface area contributed by atoms with E-state index in [4.69, 9.17) is 0 Å². The SMILES string of the molecule is CN1CCC(O)(CCCS(C)(=O)=O)C1. The molecule has 14 heavy (non-hydrogen) atoms. The quantitative estimate of drug-likeness (QED) is 0.719. The predicted molar refractivity (Wildman–Crippen MR) is 56.0 cm³/mol. The molecule has 1 saturated heterocycles. The van der Waals surface area contributed by atoms with Crippen molar-refractivity contribution in [2.24, 2.45) is 0 Å². The maximum Gasteiger partial charge on any atom is 0.147 e. The van der Waals surface area contributed by atoms with Crippen LogP contribution < -0.4 is 0 Å². The highest BCUT2D eigenvalue weighted by atomic mass is 32.2. The second kappa shape index (κ2) is 4.16. The second-order valence-electron chi connectivity index (χ2n) is 4.45. The zero-order valence-corrected chi connectivity index (χ0v) is 9.68. The van der Waals surface area contributed by atoms with Crippen LogP contribution in [0.2, 0.25) is 0 Å². The number of rotatable bonds is 4. The van der Waals surface area contributed by atoms with Gasteiger partial charge in [0.1, 0.15) is 9.84 Å². The highest BCUT2D eigenvalue weighted by molar-refractivity contribution is 7.90. The third kappa shape index (κ3) is 3.94. The summed E-state index contributed by atoms with van der Waals surface area (Å²) in [5, 5.41) is 10.0. The molecule has 0 aliphatic carbocycles. The van der Waals surface area contributed by atoms with Gasteiger partial charge in [0.15, 0.2) is 0 Å². The highest BCUT2D eigenvalue weighted by Gasteiger charge is 2.33. The number of sulfone groups is 1. The van der Waals surface area contributed by atoms with Crippen LogP contribution in [0.1, 0.15) is 19.3 Å². The molecule has 0 saturated carbocycles. The van der Waals surface area contributed by atoms with E-state index >= 15 is 0 Å². The van der Waals surface area contributed by atoms with Gasteiger partial charge in [0, 0.05) is 25.1 Å². The number of likely N-dealkylation sites (N-methyl/N-ethyl adjacent to an activating group) is 1. The van der Waals surface area contributed by atoms with Crippen LogP contribution in [0.5, 0.6) is 0 Å². The van der Waals surface area contributed by atoms with Crippen LogP contribution in [0, 0.1) is 0 Å². The molecular formula is C9H19NO3S. The zero-order chi connectivity index (χ0) is 10.8. The van der Waals surface area contributed by atoms with Gasteiger partial charge in [-0.05, 0) is 26.3 Å². The Morgan fingerprint density at radius 3 is 2.57 bits per heavy atom. The lowest BCUT2D eigenvalue weighted by Gasteiger charge is -2.21. The first-order chi connectivity index (χ1) is 6.31. The Morgan fingerprint density at radius 1 is 1.50 bits per heavy atom. The van der Waals surface area contributed by atoms with Crippen LogP contribution in [0.15, 0.2) is 0 Å². The first-order valence-electron chi connectivity index (χ1n) is 4.89. The minimum Gasteiger partial charge on any atom is -0.389 e. The summed E-state index contributed by atoms with van der Waals surface area (Å²) in [6.07, 6.45) is 3.14. The van der Waals surface area contributed by atoms with Crippen LogP contribution in [-0.2, 0) is 9.84 Å². The Hall–Kier alpha value is -0.130. The maximum atomic E-state index is 10.9. The van der Waals surface area contributed by atoms with Gasteiger partial charge >= 0.3 is 0 Å². The van der Waals surface area contributed by atoms with Crippen molar-refractivity contribution >= 4 is 9.84 Å². The van der Waals surface area contributed by atoms with Gasteiger partial charge in [-0.2, -0.15) is 0 Å². The topological polar surface area (TPSA) is 57.6 Å². The molecule has 5 heteroatoms. The van der Waals surface area contributed by atoms with E-state index in [0.717, 1.165) is 13.0 Å². The van der Waals surface area contributed by atoms with Gasteiger partial charge in [-0.25, -0.2) is 8.42 Å². The summed E-state index contributed by atoms with van der Waals surface area (Å²) in [6.45, 7) is 1.56. The summed E-state index contributed by atoms with van der Waals surface area (Å²) in [6, 6.07) is 0. The van der Waals surface area contributed by atoms with E-state index in [9.17, 15) is 13.5 Å². The Morgan fingerprint density at radius 2 is 2.14 bits per heavy atom. The molecular weight excluding hydrogens is 202 g/mol.